The van der Waals surface area contributed by atoms with Crippen molar-refractivity contribution in [3.8, 4) is 0 Å². The Morgan fingerprint density at radius 1 is 1.33 bits per heavy atom. The van der Waals surface area contributed by atoms with Crippen molar-refractivity contribution < 1.29 is 61.3 Å². The predicted octanol–water partition coefficient (Wildman–Crippen LogP) is -1.48. The second-order valence-corrected chi connectivity index (χ2v) is 2.49. The van der Waals surface area contributed by atoms with Crippen LogP contribution in [0.4, 0.5) is 0 Å². The molecule has 0 bridgehead atoms. The second kappa shape index (κ2) is 7.89. The molecule has 0 unspecified atom stereocenters. The number of rotatable bonds is 0. The van der Waals surface area contributed by atoms with Crippen LogP contribution >= 0.6 is 0 Å². The van der Waals surface area contributed by atoms with Crippen LogP contribution in [0.25, 0.3) is 11.0 Å². The fourth-order valence-corrected chi connectivity index (χ4v) is 0.853. The molecular formula is C10H9KN2O2. The van der Waals surface area contributed by atoms with Crippen LogP contribution in [0.5, 0.6) is 0 Å². The summed E-state index contributed by atoms with van der Waals surface area (Å²) < 4.78 is 0. The molecule has 4 nitrogen and oxygen atoms in total. The Kier molecular flexibility index (Phi) is 7.72. The summed E-state index contributed by atoms with van der Waals surface area (Å²) in [5.74, 6) is -0.833. The SMILES string of the molecule is CC(=O)O.[K+].[c-]1ccc2nccnc2c1. The predicted molar refractivity (Wildman–Crippen MR) is 51.7 cm³/mol. The molecule has 0 amide bonds. The van der Waals surface area contributed by atoms with Gasteiger partial charge in [-0.3, -0.25) is 9.78 Å². The molecular weight excluding hydrogens is 219 g/mol. The van der Waals surface area contributed by atoms with E-state index in [-0.39, 0.29) is 51.4 Å². The van der Waals surface area contributed by atoms with Gasteiger partial charge in [0, 0.05) is 19.3 Å². The Labute approximate surface area is 130 Å². The molecule has 0 aliphatic heterocycles. The minimum Gasteiger partial charge on any atom is -0.481 e. The van der Waals surface area contributed by atoms with Crippen LogP contribution in [-0.4, -0.2) is 21.0 Å². The van der Waals surface area contributed by atoms with Crippen LogP contribution in [0.2, 0.25) is 0 Å². The zero-order valence-corrected chi connectivity index (χ0v) is 11.8. The van der Waals surface area contributed by atoms with Gasteiger partial charge >= 0.3 is 51.4 Å². The van der Waals surface area contributed by atoms with E-state index in [4.69, 9.17) is 9.90 Å². The molecule has 5 heteroatoms. The third-order valence-corrected chi connectivity index (χ3v) is 1.31. The number of aromatic nitrogens is 2. The summed E-state index contributed by atoms with van der Waals surface area (Å²) >= 11 is 0. The van der Waals surface area contributed by atoms with Gasteiger partial charge in [0.15, 0.2) is 0 Å². The van der Waals surface area contributed by atoms with Gasteiger partial charge in [-0.25, -0.2) is 0 Å². The van der Waals surface area contributed by atoms with E-state index < -0.39 is 5.97 Å². The van der Waals surface area contributed by atoms with Crippen LogP contribution in [-0.2, 0) is 4.79 Å². The van der Waals surface area contributed by atoms with Crippen molar-refractivity contribution in [2.45, 2.75) is 6.92 Å². The molecule has 1 aromatic carbocycles. The first-order valence-electron chi connectivity index (χ1n) is 3.96. The molecule has 2 rings (SSSR count). The van der Waals surface area contributed by atoms with E-state index in [0.717, 1.165) is 18.0 Å². The van der Waals surface area contributed by atoms with E-state index in [1.54, 1.807) is 12.4 Å². The molecule has 0 fully saturated rings. The Morgan fingerprint density at radius 3 is 2.40 bits per heavy atom. The zero-order valence-electron chi connectivity index (χ0n) is 8.64. The maximum Gasteiger partial charge on any atom is 1.00 e. The number of aliphatic carboxylic acids is 1. The van der Waals surface area contributed by atoms with Crippen molar-refractivity contribution in [2.75, 3.05) is 0 Å². The van der Waals surface area contributed by atoms with Gasteiger partial charge in [-0.1, -0.05) is 0 Å². The molecule has 1 heterocycles. The van der Waals surface area contributed by atoms with E-state index in [9.17, 15) is 0 Å². The number of hydrogen-bond donors (Lipinski definition) is 1. The monoisotopic (exact) mass is 228 g/mol. The van der Waals surface area contributed by atoms with Crippen LogP contribution in [0.3, 0.4) is 0 Å². The molecule has 0 radical (unpaired) electrons. The third-order valence-electron chi connectivity index (χ3n) is 1.31. The van der Waals surface area contributed by atoms with Gasteiger partial charge in [-0.05, 0) is 11.0 Å². The number of carboxylic acids is 1. The van der Waals surface area contributed by atoms with Gasteiger partial charge in [0.1, 0.15) is 0 Å². The van der Waals surface area contributed by atoms with Crippen molar-refractivity contribution in [1.29, 1.82) is 0 Å². The summed E-state index contributed by atoms with van der Waals surface area (Å²) in [6, 6.07) is 8.48. The average Bonchev–Trinajstić information content (AvgIpc) is 2.17. The topological polar surface area (TPSA) is 63.1 Å². The van der Waals surface area contributed by atoms with Gasteiger partial charge in [0.05, 0.1) is 0 Å². The van der Waals surface area contributed by atoms with Crippen LogP contribution in [0.15, 0.2) is 30.6 Å². The summed E-state index contributed by atoms with van der Waals surface area (Å²) in [4.78, 5) is 17.2. The number of carboxylic acid groups (broad SMARTS) is 1. The molecule has 1 aromatic heterocycles. The number of nitrogens with zero attached hydrogens (tertiary/aromatic N) is 2. The largest absolute Gasteiger partial charge is 1.00 e. The Morgan fingerprint density at radius 2 is 1.87 bits per heavy atom. The van der Waals surface area contributed by atoms with Crippen LogP contribution in [0, 0.1) is 6.07 Å². The van der Waals surface area contributed by atoms with Crippen molar-refractivity contribution in [3.05, 3.63) is 36.7 Å². The molecule has 2 aromatic rings. The normalized spacial score (nSPS) is 8.33. The van der Waals surface area contributed by atoms with E-state index in [1.165, 1.54) is 0 Å². The molecule has 0 aliphatic rings. The van der Waals surface area contributed by atoms with Crippen molar-refractivity contribution >= 4 is 17.0 Å². The molecule has 0 saturated heterocycles. The molecule has 0 aliphatic carbocycles. The third kappa shape index (κ3) is 5.96. The molecule has 0 atom stereocenters. The van der Waals surface area contributed by atoms with Crippen molar-refractivity contribution in [2.24, 2.45) is 0 Å². The van der Waals surface area contributed by atoms with E-state index in [2.05, 4.69) is 16.0 Å². The summed E-state index contributed by atoms with van der Waals surface area (Å²) in [5.41, 5.74) is 1.81. The zero-order chi connectivity index (χ0) is 10.4. The molecule has 0 spiro atoms. The smallest absolute Gasteiger partial charge is 0.481 e. The van der Waals surface area contributed by atoms with Crippen molar-refractivity contribution in [1.82, 2.24) is 9.97 Å². The maximum atomic E-state index is 9.00. The van der Waals surface area contributed by atoms with Gasteiger partial charge in [-0.2, -0.15) is 12.1 Å². The number of carbonyl (C=O) groups is 1. The number of benzene rings is 1. The number of hydrogen-bond acceptors (Lipinski definition) is 3. The van der Waals surface area contributed by atoms with Gasteiger partial charge < -0.3 is 10.1 Å². The quantitative estimate of drug-likeness (QED) is 0.441. The summed E-state index contributed by atoms with van der Waals surface area (Å²) in [5, 5.41) is 7.42. The standard InChI is InChI=1S/C8H5N2.C2H4O2.K/c1-2-4-8-7(3-1)9-5-6-10-8;1-2(3)4;/h1,3-6H;1H3,(H,3,4);/q-1;;+1. The minimum absolute atomic E-state index is 0. The first kappa shape index (κ1) is 14.7. The molecule has 15 heavy (non-hydrogen) atoms. The van der Waals surface area contributed by atoms with Gasteiger partial charge in [-0.15, -0.1) is 12.1 Å². The Bertz CT molecular complexity index is 365. The first-order chi connectivity index (χ1) is 6.70. The first-order valence-corrected chi connectivity index (χ1v) is 3.96. The van der Waals surface area contributed by atoms with E-state index in [1.807, 2.05) is 18.2 Å². The molecule has 72 valence electrons. The average molecular weight is 228 g/mol. The van der Waals surface area contributed by atoms with Gasteiger partial charge in [0.2, 0.25) is 0 Å². The van der Waals surface area contributed by atoms with Gasteiger partial charge in [0.25, 0.3) is 5.97 Å². The van der Waals surface area contributed by atoms with E-state index in [0.29, 0.717) is 0 Å². The van der Waals surface area contributed by atoms with Crippen LogP contribution in [0.1, 0.15) is 6.92 Å². The van der Waals surface area contributed by atoms with E-state index >= 15 is 0 Å². The molecule has 1 N–H and O–H groups in total. The summed E-state index contributed by atoms with van der Waals surface area (Å²) in [6.45, 7) is 1.08. The summed E-state index contributed by atoms with van der Waals surface area (Å²) in [6.07, 6.45) is 3.36. The van der Waals surface area contributed by atoms with Crippen molar-refractivity contribution in [3.63, 3.8) is 0 Å². The minimum atomic E-state index is -0.833. The Balaban J connectivity index is 0.000000346. The van der Waals surface area contributed by atoms with Crippen LogP contribution < -0.4 is 51.4 Å². The fraction of sp³-hybridized carbons (Fsp3) is 0.100. The fourth-order valence-electron chi connectivity index (χ4n) is 0.853. The molecule has 0 saturated carbocycles. The Hall–Kier alpha value is -0.334. The summed E-state index contributed by atoms with van der Waals surface area (Å²) in [7, 11) is 0. The maximum absolute atomic E-state index is 9.00. The second-order valence-electron chi connectivity index (χ2n) is 2.49. The number of fused-ring (bicyclic) bond motifs is 1.